The Morgan fingerprint density at radius 3 is 2.36 bits per heavy atom. The van der Waals surface area contributed by atoms with Crippen molar-refractivity contribution in [2.24, 2.45) is 0 Å². The van der Waals surface area contributed by atoms with Crippen molar-refractivity contribution >= 4 is 11.7 Å². The Balaban J connectivity index is 1.23. The quantitative estimate of drug-likeness (QED) is 0.480. The van der Waals surface area contributed by atoms with Crippen molar-refractivity contribution in [2.75, 3.05) is 6.61 Å². The van der Waals surface area contributed by atoms with Crippen LogP contribution >= 0.6 is 0 Å². The van der Waals surface area contributed by atoms with Gasteiger partial charge in [-0.05, 0) is 72.1 Å². The number of ether oxygens (including phenoxy) is 1. The average Bonchev–Trinajstić information content (AvgIpc) is 3.16. The van der Waals surface area contributed by atoms with E-state index < -0.39 is 0 Å². The van der Waals surface area contributed by atoms with E-state index in [4.69, 9.17) is 4.74 Å². The molecule has 4 heteroatoms. The second kappa shape index (κ2) is 8.18. The first kappa shape index (κ1) is 20.2. The fraction of sp³-hybridized carbons (Fsp3) is 0.310. The van der Waals surface area contributed by atoms with Crippen molar-refractivity contribution in [1.29, 1.82) is 0 Å². The van der Waals surface area contributed by atoms with Crippen LogP contribution in [-0.4, -0.2) is 34.7 Å². The van der Waals surface area contributed by atoms with Crippen molar-refractivity contribution in [3.8, 4) is 11.1 Å². The number of piperidine rings is 1. The van der Waals surface area contributed by atoms with Crippen LogP contribution in [0.5, 0.6) is 0 Å². The molecule has 1 amide bonds. The molecule has 1 fully saturated rings. The SMILES string of the molecule is Cc1ncccc1C1=CC2CCCC(C1)N2C(=O)OCC1c2ccccc2-c2ccccc21. The summed E-state index contributed by atoms with van der Waals surface area (Å²) in [7, 11) is 0. The Kier molecular flexibility index (Phi) is 5.01. The van der Waals surface area contributed by atoms with Crippen molar-refractivity contribution < 1.29 is 9.53 Å². The lowest BCUT2D eigenvalue weighted by Gasteiger charge is -2.44. The molecule has 0 spiro atoms. The number of pyridine rings is 1. The summed E-state index contributed by atoms with van der Waals surface area (Å²) in [4.78, 5) is 19.8. The fourth-order valence-corrected chi connectivity index (χ4v) is 6.01. The number of amides is 1. The number of hydrogen-bond acceptors (Lipinski definition) is 3. The maximum absolute atomic E-state index is 13.4. The molecule has 2 bridgehead atoms. The number of fused-ring (bicyclic) bond motifs is 5. The molecular weight excluding hydrogens is 408 g/mol. The van der Waals surface area contributed by atoms with E-state index in [-0.39, 0.29) is 24.1 Å². The van der Waals surface area contributed by atoms with E-state index in [9.17, 15) is 4.79 Å². The van der Waals surface area contributed by atoms with Gasteiger partial charge in [0.2, 0.25) is 0 Å². The molecule has 1 aliphatic carbocycles. The minimum absolute atomic E-state index is 0.0927. The topological polar surface area (TPSA) is 42.4 Å². The number of nitrogens with zero attached hydrogens (tertiary/aromatic N) is 2. The Bertz CT molecular complexity index is 1200. The third-order valence-corrected chi connectivity index (χ3v) is 7.54. The summed E-state index contributed by atoms with van der Waals surface area (Å²) in [6, 6.07) is 21.4. The Hall–Kier alpha value is -3.40. The lowest BCUT2D eigenvalue weighted by atomic mass is 9.83. The predicted molar refractivity (Wildman–Crippen MR) is 130 cm³/mol. The zero-order valence-electron chi connectivity index (χ0n) is 18.9. The van der Waals surface area contributed by atoms with Crippen LogP contribution < -0.4 is 0 Å². The minimum atomic E-state index is -0.176. The summed E-state index contributed by atoms with van der Waals surface area (Å²) in [6.07, 6.45) is 7.98. The number of hydrogen-bond donors (Lipinski definition) is 0. The Morgan fingerprint density at radius 2 is 1.67 bits per heavy atom. The molecule has 3 aliphatic rings. The van der Waals surface area contributed by atoms with E-state index >= 15 is 0 Å². The van der Waals surface area contributed by atoms with Gasteiger partial charge in [0.1, 0.15) is 6.61 Å². The predicted octanol–water partition coefficient (Wildman–Crippen LogP) is 6.35. The fourth-order valence-electron chi connectivity index (χ4n) is 6.01. The van der Waals surface area contributed by atoms with Gasteiger partial charge in [0.05, 0.1) is 6.04 Å². The van der Waals surface area contributed by atoms with Gasteiger partial charge in [-0.1, -0.05) is 60.7 Å². The summed E-state index contributed by atoms with van der Waals surface area (Å²) >= 11 is 0. The summed E-state index contributed by atoms with van der Waals surface area (Å²) in [5.74, 6) is 0.0927. The highest BCUT2D eigenvalue weighted by molar-refractivity contribution is 5.79. The lowest BCUT2D eigenvalue weighted by Crippen LogP contribution is -2.51. The molecule has 0 radical (unpaired) electrons. The molecule has 33 heavy (non-hydrogen) atoms. The molecule has 2 atom stereocenters. The molecule has 6 rings (SSSR count). The Labute approximate surface area is 194 Å². The molecule has 2 unspecified atom stereocenters. The van der Waals surface area contributed by atoms with Crippen LogP contribution in [0, 0.1) is 6.92 Å². The number of benzene rings is 2. The summed E-state index contributed by atoms with van der Waals surface area (Å²) in [5, 5.41) is 0. The molecule has 1 saturated heterocycles. The van der Waals surface area contributed by atoms with Gasteiger partial charge < -0.3 is 4.74 Å². The summed E-state index contributed by atoms with van der Waals surface area (Å²) < 4.78 is 6.03. The molecule has 4 nitrogen and oxygen atoms in total. The average molecular weight is 437 g/mol. The molecule has 166 valence electrons. The zero-order valence-corrected chi connectivity index (χ0v) is 18.9. The number of rotatable bonds is 3. The van der Waals surface area contributed by atoms with Crippen molar-refractivity contribution in [2.45, 2.75) is 50.6 Å². The Morgan fingerprint density at radius 1 is 0.970 bits per heavy atom. The highest BCUT2D eigenvalue weighted by Crippen LogP contribution is 2.45. The summed E-state index contributed by atoms with van der Waals surface area (Å²) in [6.45, 7) is 2.44. The molecule has 0 N–H and O–H groups in total. The monoisotopic (exact) mass is 436 g/mol. The first-order chi connectivity index (χ1) is 16.2. The van der Waals surface area contributed by atoms with Gasteiger partial charge in [0, 0.05) is 23.9 Å². The van der Waals surface area contributed by atoms with Gasteiger partial charge in [-0.25, -0.2) is 4.79 Å². The standard InChI is InChI=1S/C29H28N2O2/c1-19-23(14-7-15-30-19)20-16-21-8-6-9-22(17-20)31(21)29(32)33-18-28-26-12-4-2-10-24(26)25-11-3-5-13-27(25)28/h2-5,7,10-16,21-22,28H,6,8-9,17-18H2,1H3. The highest BCUT2D eigenvalue weighted by atomic mass is 16.6. The van der Waals surface area contributed by atoms with Crippen molar-refractivity contribution in [3.05, 3.63) is 95.3 Å². The van der Waals surface area contributed by atoms with Crippen LogP contribution in [0.3, 0.4) is 0 Å². The highest BCUT2D eigenvalue weighted by Gasteiger charge is 2.39. The third-order valence-electron chi connectivity index (χ3n) is 7.54. The van der Waals surface area contributed by atoms with Crippen LogP contribution in [0.1, 0.15) is 54.0 Å². The smallest absolute Gasteiger partial charge is 0.410 e. The molecule has 0 saturated carbocycles. The normalized spacial score (nSPS) is 21.2. The van der Waals surface area contributed by atoms with Gasteiger partial charge in [-0.15, -0.1) is 0 Å². The maximum atomic E-state index is 13.4. The largest absolute Gasteiger partial charge is 0.448 e. The number of aryl methyl sites for hydroxylation is 1. The van der Waals surface area contributed by atoms with Gasteiger partial charge in [-0.2, -0.15) is 0 Å². The van der Waals surface area contributed by atoms with E-state index in [1.165, 1.54) is 33.4 Å². The molecule has 2 aliphatic heterocycles. The van der Waals surface area contributed by atoms with Gasteiger partial charge >= 0.3 is 6.09 Å². The summed E-state index contributed by atoms with van der Waals surface area (Å²) in [5.41, 5.74) is 8.59. The molecule has 3 heterocycles. The number of carbonyl (C=O) groups excluding carboxylic acids is 1. The first-order valence-corrected chi connectivity index (χ1v) is 12.0. The van der Waals surface area contributed by atoms with E-state index in [1.54, 1.807) is 0 Å². The van der Waals surface area contributed by atoms with Crippen molar-refractivity contribution in [1.82, 2.24) is 9.88 Å². The second-order valence-corrected chi connectivity index (χ2v) is 9.40. The van der Waals surface area contributed by atoms with Gasteiger partial charge in [-0.3, -0.25) is 9.88 Å². The molecular formula is C29H28N2O2. The van der Waals surface area contributed by atoms with E-state index in [1.807, 2.05) is 17.2 Å². The van der Waals surface area contributed by atoms with Crippen LogP contribution in [0.15, 0.2) is 72.9 Å². The van der Waals surface area contributed by atoms with Gasteiger partial charge in [0.15, 0.2) is 0 Å². The maximum Gasteiger partial charge on any atom is 0.410 e. The number of carbonyl (C=O) groups is 1. The van der Waals surface area contributed by atoms with Crippen LogP contribution in [-0.2, 0) is 4.74 Å². The first-order valence-electron chi connectivity index (χ1n) is 12.0. The zero-order chi connectivity index (χ0) is 22.4. The molecule has 3 aromatic rings. The van der Waals surface area contributed by atoms with Crippen LogP contribution in [0.2, 0.25) is 0 Å². The third kappa shape index (κ3) is 3.45. The van der Waals surface area contributed by atoms with E-state index in [0.29, 0.717) is 6.61 Å². The van der Waals surface area contributed by atoms with E-state index in [2.05, 4.69) is 72.6 Å². The lowest BCUT2D eigenvalue weighted by molar-refractivity contribution is 0.0539. The second-order valence-electron chi connectivity index (χ2n) is 9.40. The minimum Gasteiger partial charge on any atom is -0.448 e. The van der Waals surface area contributed by atoms with Crippen molar-refractivity contribution in [3.63, 3.8) is 0 Å². The molecule has 2 aromatic carbocycles. The van der Waals surface area contributed by atoms with E-state index in [0.717, 1.165) is 31.4 Å². The molecule has 1 aromatic heterocycles. The van der Waals surface area contributed by atoms with Gasteiger partial charge in [0.25, 0.3) is 0 Å². The number of aromatic nitrogens is 1. The van der Waals surface area contributed by atoms with Crippen LogP contribution in [0.4, 0.5) is 4.79 Å². The van der Waals surface area contributed by atoms with Crippen LogP contribution in [0.25, 0.3) is 16.7 Å².